The number of nitrogens with zero attached hydrogens (tertiary/aromatic N) is 3. The third-order valence-corrected chi connectivity index (χ3v) is 3.06. The van der Waals surface area contributed by atoms with Gasteiger partial charge in [-0.25, -0.2) is 9.97 Å². The molecule has 0 fully saturated rings. The molecule has 102 valence electrons. The average molecular weight is 260 g/mol. The van der Waals surface area contributed by atoms with Gasteiger partial charge in [-0.3, -0.25) is 0 Å². The Morgan fingerprint density at radius 2 is 2.16 bits per heavy atom. The predicted molar refractivity (Wildman–Crippen MR) is 75.9 cm³/mol. The van der Waals surface area contributed by atoms with Crippen LogP contribution >= 0.6 is 0 Å². The molecule has 2 aromatic heterocycles. The number of hydrogen-bond donors (Lipinski definition) is 1. The minimum absolute atomic E-state index is 0.574. The first-order chi connectivity index (χ1) is 9.26. The van der Waals surface area contributed by atoms with Crippen molar-refractivity contribution >= 4 is 11.6 Å². The summed E-state index contributed by atoms with van der Waals surface area (Å²) in [5, 5.41) is 0. The topological polar surface area (TPSA) is 68.2 Å². The van der Waals surface area contributed by atoms with Crippen molar-refractivity contribution in [1.29, 1.82) is 0 Å². The Morgan fingerprint density at radius 1 is 1.32 bits per heavy atom. The second-order valence-corrected chi connectivity index (χ2v) is 4.40. The molecular weight excluding hydrogens is 240 g/mol. The molecule has 0 spiro atoms. The first-order valence-electron chi connectivity index (χ1n) is 6.62. The summed E-state index contributed by atoms with van der Waals surface area (Å²) in [7, 11) is 0. The lowest BCUT2D eigenvalue weighted by atomic mass is 10.1. The second kappa shape index (κ2) is 6.22. The zero-order valence-electron chi connectivity index (χ0n) is 11.5. The molecule has 0 atom stereocenters. The average Bonchev–Trinajstić information content (AvgIpc) is 2.92. The van der Waals surface area contributed by atoms with Crippen molar-refractivity contribution in [3.63, 3.8) is 0 Å². The molecule has 2 N–H and O–H groups in total. The van der Waals surface area contributed by atoms with E-state index in [9.17, 15) is 0 Å². The highest BCUT2D eigenvalue weighted by molar-refractivity contribution is 5.56. The minimum atomic E-state index is 0.574. The molecule has 0 amide bonds. The van der Waals surface area contributed by atoms with Crippen molar-refractivity contribution < 1.29 is 4.42 Å². The summed E-state index contributed by atoms with van der Waals surface area (Å²) >= 11 is 0. The van der Waals surface area contributed by atoms with Gasteiger partial charge >= 0.3 is 0 Å². The van der Waals surface area contributed by atoms with Crippen LogP contribution in [0.1, 0.15) is 31.6 Å². The molecule has 0 aliphatic rings. The predicted octanol–water partition coefficient (Wildman–Crippen LogP) is 2.63. The van der Waals surface area contributed by atoms with E-state index in [0.717, 1.165) is 36.5 Å². The molecule has 0 saturated carbocycles. The van der Waals surface area contributed by atoms with Crippen molar-refractivity contribution in [3.05, 3.63) is 36.0 Å². The molecule has 0 saturated heterocycles. The molecule has 0 aromatic carbocycles. The Hall–Kier alpha value is -2.04. The van der Waals surface area contributed by atoms with Gasteiger partial charge in [0.15, 0.2) is 0 Å². The Balaban J connectivity index is 2.29. The van der Waals surface area contributed by atoms with E-state index in [4.69, 9.17) is 10.2 Å². The molecule has 5 nitrogen and oxygen atoms in total. The van der Waals surface area contributed by atoms with Crippen LogP contribution in [0.15, 0.2) is 29.1 Å². The van der Waals surface area contributed by atoms with E-state index in [1.54, 1.807) is 6.26 Å². The van der Waals surface area contributed by atoms with Gasteiger partial charge in [0.05, 0.1) is 12.8 Å². The van der Waals surface area contributed by atoms with Crippen molar-refractivity contribution in [2.45, 2.75) is 33.2 Å². The number of furan rings is 1. The van der Waals surface area contributed by atoms with Gasteiger partial charge in [0, 0.05) is 12.1 Å². The maximum Gasteiger partial charge on any atom is 0.137 e. The van der Waals surface area contributed by atoms with Crippen LogP contribution in [-0.4, -0.2) is 16.5 Å². The van der Waals surface area contributed by atoms with Crippen LogP contribution in [0, 0.1) is 0 Å². The largest absolute Gasteiger partial charge is 0.467 e. The Morgan fingerprint density at radius 3 is 2.79 bits per heavy atom. The number of hydrogen-bond acceptors (Lipinski definition) is 5. The van der Waals surface area contributed by atoms with E-state index in [1.165, 1.54) is 6.33 Å². The molecule has 19 heavy (non-hydrogen) atoms. The molecule has 2 aromatic rings. The maximum absolute atomic E-state index is 5.97. The highest BCUT2D eigenvalue weighted by Crippen LogP contribution is 2.24. The Kier molecular flexibility index (Phi) is 4.39. The smallest absolute Gasteiger partial charge is 0.137 e. The molecule has 0 radical (unpaired) electrons. The van der Waals surface area contributed by atoms with Crippen LogP contribution in [0.5, 0.6) is 0 Å². The van der Waals surface area contributed by atoms with Crippen molar-refractivity contribution in [1.82, 2.24) is 9.97 Å². The summed E-state index contributed by atoms with van der Waals surface area (Å²) in [6.07, 6.45) is 5.11. The number of nitrogens with two attached hydrogens (primary N) is 1. The fourth-order valence-electron chi connectivity index (χ4n) is 2.11. The molecule has 0 aliphatic heterocycles. The molecule has 2 heterocycles. The number of anilines is 2. The number of rotatable bonds is 6. The lowest BCUT2D eigenvalue weighted by molar-refractivity contribution is 0.502. The quantitative estimate of drug-likeness (QED) is 0.864. The van der Waals surface area contributed by atoms with E-state index >= 15 is 0 Å². The van der Waals surface area contributed by atoms with Gasteiger partial charge in [0.25, 0.3) is 0 Å². The highest BCUT2D eigenvalue weighted by Gasteiger charge is 2.15. The van der Waals surface area contributed by atoms with Crippen LogP contribution in [0.4, 0.5) is 11.6 Å². The fourth-order valence-corrected chi connectivity index (χ4v) is 2.11. The van der Waals surface area contributed by atoms with Gasteiger partial charge in [0.2, 0.25) is 0 Å². The van der Waals surface area contributed by atoms with Crippen LogP contribution in [0.25, 0.3) is 0 Å². The van der Waals surface area contributed by atoms with Gasteiger partial charge in [0.1, 0.15) is 23.7 Å². The summed E-state index contributed by atoms with van der Waals surface area (Å²) in [4.78, 5) is 10.6. The first kappa shape index (κ1) is 13.4. The SMILES string of the molecule is CCCc1c(N)ncnc1N(CC)Cc1ccco1. The molecular formula is C14H20N4O. The highest BCUT2D eigenvalue weighted by atomic mass is 16.3. The molecule has 2 rings (SSSR count). The van der Waals surface area contributed by atoms with Crippen molar-refractivity contribution in [3.8, 4) is 0 Å². The summed E-state index contributed by atoms with van der Waals surface area (Å²) in [6, 6.07) is 3.86. The first-order valence-corrected chi connectivity index (χ1v) is 6.62. The Labute approximate surface area is 113 Å². The van der Waals surface area contributed by atoms with Crippen molar-refractivity contribution in [2.24, 2.45) is 0 Å². The van der Waals surface area contributed by atoms with Crippen molar-refractivity contribution in [2.75, 3.05) is 17.2 Å². The summed E-state index contributed by atoms with van der Waals surface area (Å²) in [6.45, 7) is 5.75. The molecule has 5 heteroatoms. The summed E-state index contributed by atoms with van der Waals surface area (Å²) < 4.78 is 5.40. The summed E-state index contributed by atoms with van der Waals surface area (Å²) in [5.41, 5.74) is 7.00. The van der Waals surface area contributed by atoms with Gasteiger partial charge in [-0.2, -0.15) is 0 Å². The normalized spacial score (nSPS) is 10.6. The Bertz CT molecular complexity index is 510. The lowest BCUT2D eigenvalue weighted by Gasteiger charge is -2.23. The van der Waals surface area contributed by atoms with Gasteiger partial charge < -0.3 is 15.1 Å². The van der Waals surface area contributed by atoms with E-state index in [1.807, 2.05) is 12.1 Å². The second-order valence-electron chi connectivity index (χ2n) is 4.40. The lowest BCUT2D eigenvalue weighted by Crippen LogP contribution is -2.25. The van der Waals surface area contributed by atoms with Crippen LogP contribution in [0.2, 0.25) is 0 Å². The van der Waals surface area contributed by atoms with Crippen LogP contribution < -0.4 is 10.6 Å². The van der Waals surface area contributed by atoms with Crippen LogP contribution in [-0.2, 0) is 13.0 Å². The van der Waals surface area contributed by atoms with E-state index < -0.39 is 0 Å². The zero-order chi connectivity index (χ0) is 13.7. The molecule has 0 bridgehead atoms. The van der Waals surface area contributed by atoms with Crippen LogP contribution in [0.3, 0.4) is 0 Å². The number of nitrogen functional groups attached to an aromatic ring is 1. The fraction of sp³-hybridized carbons (Fsp3) is 0.429. The zero-order valence-corrected chi connectivity index (χ0v) is 11.5. The minimum Gasteiger partial charge on any atom is -0.467 e. The van der Waals surface area contributed by atoms with Gasteiger partial charge in [-0.1, -0.05) is 13.3 Å². The molecule has 0 aliphatic carbocycles. The van der Waals surface area contributed by atoms with E-state index in [-0.39, 0.29) is 0 Å². The van der Waals surface area contributed by atoms with Gasteiger partial charge in [-0.15, -0.1) is 0 Å². The van der Waals surface area contributed by atoms with Gasteiger partial charge in [-0.05, 0) is 25.5 Å². The third-order valence-electron chi connectivity index (χ3n) is 3.06. The summed E-state index contributed by atoms with van der Waals surface area (Å²) in [5.74, 6) is 2.40. The van der Waals surface area contributed by atoms with E-state index in [0.29, 0.717) is 12.4 Å². The number of aromatic nitrogens is 2. The monoisotopic (exact) mass is 260 g/mol. The molecule has 0 unspecified atom stereocenters. The van der Waals surface area contributed by atoms with E-state index in [2.05, 4.69) is 28.7 Å². The maximum atomic E-state index is 5.97. The third kappa shape index (κ3) is 3.05. The standard InChI is InChI=1S/C14H20N4O/c1-3-6-12-13(15)16-10-17-14(12)18(4-2)9-11-7-5-8-19-11/h5,7-8,10H,3-4,6,9H2,1-2H3,(H2,15,16,17).